The first-order chi connectivity index (χ1) is 11.1. The zero-order chi connectivity index (χ0) is 17.3. The fourth-order valence-electron chi connectivity index (χ4n) is 2.67. The number of esters is 1. The van der Waals surface area contributed by atoms with Gasteiger partial charge in [-0.25, -0.2) is 0 Å². The molecule has 0 aromatic heterocycles. The highest BCUT2D eigenvalue weighted by Crippen LogP contribution is 2.15. The van der Waals surface area contributed by atoms with E-state index in [4.69, 9.17) is 16.3 Å². The molecule has 134 valence electrons. The first-order valence-corrected chi connectivity index (χ1v) is 8.99. The predicted octanol–water partition coefficient (Wildman–Crippen LogP) is 3.59. The van der Waals surface area contributed by atoms with Crippen LogP contribution in [0.2, 0.25) is 0 Å². The predicted molar refractivity (Wildman–Crippen MR) is 92.9 cm³/mol. The summed E-state index contributed by atoms with van der Waals surface area (Å²) < 4.78 is 5.19. The maximum atomic E-state index is 11.0. The number of carbonyl (C=O) groups excluding carboxylic acids is 1. The van der Waals surface area contributed by atoms with Gasteiger partial charge < -0.3 is 14.9 Å². The van der Waals surface area contributed by atoms with Crippen LogP contribution in [0.4, 0.5) is 0 Å². The molecule has 0 aliphatic carbocycles. The summed E-state index contributed by atoms with van der Waals surface area (Å²) >= 11 is 0. The minimum absolute atomic E-state index is 0.286. The van der Waals surface area contributed by atoms with Crippen molar-refractivity contribution in [2.75, 3.05) is 6.61 Å². The van der Waals surface area contributed by atoms with Crippen LogP contribution in [0.15, 0.2) is 0 Å². The minimum Gasteiger partial charge on any atom is -0.462 e. The smallest absolute Gasteiger partial charge is 0.302 e. The van der Waals surface area contributed by atoms with Gasteiger partial charge in [0, 0.05) is 19.8 Å². The molecule has 0 saturated heterocycles. The SMILES string of the molecule is C#CCCCCCCCCCCCC(CC(O)CO)OC(C)=O. The van der Waals surface area contributed by atoms with Crippen molar-refractivity contribution >= 4 is 5.97 Å². The van der Waals surface area contributed by atoms with E-state index >= 15 is 0 Å². The van der Waals surface area contributed by atoms with Crippen molar-refractivity contribution in [1.82, 2.24) is 0 Å². The molecule has 4 heteroatoms. The molecule has 0 aromatic rings. The van der Waals surface area contributed by atoms with Crippen LogP contribution in [0.3, 0.4) is 0 Å². The second-order valence-corrected chi connectivity index (χ2v) is 6.23. The molecule has 0 radical (unpaired) electrons. The Bertz CT molecular complexity index is 322. The van der Waals surface area contributed by atoms with Gasteiger partial charge in [-0.3, -0.25) is 4.79 Å². The molecule has 2 N–H and O–H groups in total. The molecule has 0 amide bonds. The fourth-order valence-corrected chi connectivity index (χ4v) is 2.67. The van der Waals surface area contributed by atoms with Gasteiger partial charge in [-0.1, -0.05) is 44.9 Å². The molecule has 23 heavy (non-hydrogen) atoms. The summed E-state index contributed by atoms with van der Waals surface area (Å²) in [6.07, 6.45) is 16.8. The highest BCUT2D eigenvalue weighted by atomic mass is 16.5. The molecular weight excluding hydrogens is 292 g/mol. The number of aliphatic hydroxyl groups excluding tert-OH is 2. The highest BCUT2D eigenvalue weighted by Gasteiger charge is 2.16. The van der Waals surface area contributed by atoms with Gasteiger partial charge in [0.25, 0.3) is 0 Å². The van der Waals surface area contributed by atoms with Gasteiger partial charge in [0.05, 0.1) is 12.7 Å². The molecule has 0 spiro atoms. The first kappa shape index (κ1) is 21.9. The Morgan fingerprint density at radius 1 is 1.04 bits per heavy atom. The van der Waals surface area contributed by atoms with E-state index in [0.717, 1.165) is 32.1 Å². The van der Waals surface area contributed by atoms with Gasteiger partial charge in [0.15, 0.2) is 0 Å². The van der Waals surface area contributed by atoms with Gasteiger partial charge in [-0.05, 0) is 19.3 Å². The average molecular weight is 326 g/mol. The second-order valence-electron chi connectivity index (χ2n) is 6.23. The quantitative estimate of drug-likeness (QED) is 0.274. The van der Waals surface area contributed by atoms with E-state index < -0.39 is 6.10 Å². The molecule has 0 heterocycles. The topological polar surface area (TPSA) is 66.8 Å². The minimum atomic E-state index is -0.811. The number of ether oxygens (including phenoxy) is 1. The summed E-state index contributed by atoms with van der Waals surface area (Å²) in [7, 11) is 0. The number of aliphatic hydroxyl groups is 2. The normalized spacial score (nSPS) is 13.3. The van der Waals surface area contributed by atoms with E-state index in [1.807, 2.05) is 0 Å². The molecule has 2 atom stereocenters. The maximum Gasteiger partial charge on any atom is 0.302 e. The van der Waals surface area contributed by atoms with E-state index in [0.29, 0.717) is 6.42 Å². The summed E-state index contributed by atoms with van der Waals surface area (Å²) in [5, 5.41) is 18.3. The van der Waals surface area contributed by atoms with Crippen molar-refractivity contribution in [2.45, 2.75) is 96.2 Å². The zero-order valence-electron chi connectivity index (χ0n) is 14.6. The van der Waals surface area contributed by atoms with Crippen LogP contribution in [0.5, 0.6) is 0 Å². The number of rotatable bonds is 15. The van der Waals surface area contributed by atoms with E-state index in [9.17, 15) is 9.90 Å². The molecule has 0 saturated carbocycles. The van der Waals surface area contributed by atoms with Crippen LogP contribution < -0.4 is 0 Å². The molecule has 0 aromatic carbocycles. The molecule has 2 unspecified atom stereocenters. The third-order valence-corrected chi connectivity index (χ3v) is 3.93. The summed E-state index contributed by atoms with van der Waals surface area (Å²) in [5.74, 6) is 2.34. The largest absolute Gasteiger partial charge is 0.462 e. The maximum absolute atomic E-state index is 11.0. The molecule has 0 fully saturated rings. The Balaban J connectivity index is 3.54. The second kappa shape index (κ2) is 15.8. The van der Waals surface area contributed by atoms with E-state index in [1.165, 1.54) is 45.4 Å². The Morgan fingerprint density at radius 3 is 2.04 bits per heavy atom. The summed E-state index contributed by atoms with van der Waals surface area (Å²) in [5.41, 5.74) is 0. The number of hydrogen-bond donors (Lipinski definition) is 2. The number of carbonyl (C=O) groups is 1. The molecule has 4 nitrogen and oxygen atoms in total. The van der Waals surface area contributed by atoms with Gasteiger partial charge in [-0.15, -0.1) is 12.3 Å². The highest BCUT2D eigenvalue weighted by molar-refractivity contribution is 5.66. The lowest BCUT2D eigenvalue weighted by atomic mass is 10.0. The van der Waals surface area contributed by atoms with Crippen molar-refractivity contribution in [3.63, 3.8) is 0 Å². The average Bonchev–Trinajstić information content (AvgIpc) is 2.51. The lowest BCUT2D eigenvalue weighted by Gasteiger charge is -2.19. The number of hydrogen-bond acceptors (Lipinski definition) is 4. The van der Waals surface area contributed by atoms with Crippen molar-refractivity contribution in [3.05, 3.63) is 0 Å². The monoisotopic (exact) mass is 326 g/mol. The van der Waals surface area contributed by atoms with E-state index in [1.54, 1.807) is 0 Å². The van der Waals surface area contributed by atoms with Gasteiger partial charge in [0.1, 0.15) is 6.10 Å². The van der Waals surface area contributed by atoms with E-state index in [-0.39, 0.29) is 18.7 Å². The summed E-state index contributed by atoms with van der Waals surface area (Å²) in [4.78, 5) is 11.0. The summed E-state index contributed by atoms with van der Waals surface area (Å²) in [6, 6.07) is 0. The van der Waals surface area contributed by atoms with Gasteiger partial charge in [0.2, 0.25) is 0 Å². The molecular formula is C19H34O4. The first-order valence-electron chi connectivity index (χ1n) is 8.99. The Morgan fingerprint density at radius 2 is 1.57 bits per heavy atom. The van der Waals surface area contributed by atoms with Crippen LogP contribution >= 0.6 is 0 Å². The third-order valence-electron chi connectivity index (χ3n) is 3.93. The third kappa shape index (κ3) is 15.6. The zero-order valence-corrected chi connectivity index (χ0v) is 14.6. The lowest BCUT2D eigenvalue weighted by molar-refractivity contribution is -0.148. The van der Waals surface area contributed by atoms with Crippen LogP contribution in [0, 0.1) is 12.3 Å². The van der Waals surface area contributed by atoms with Crippen LogP contribution in [0.25, 0.3) is 0 Å². The van der Waals surface area contributed by atoms with Gasteiger partial charge in [-0.2, -0.15) is 0 Å². The number of terminal acetylenes is 1. The number of unbranched alkanes of at least 4 members (excludes halogenated alkanes) is 9. The lowest BCUT2D eigenvalue weighted by Crippen LogP contribution is -2.25. The van der Waals surface area contributed by atoms with Crippen LogP contribution in [-0.4, -0.2) is 35.0 Å². The van der Waals surface area contributed by atoms with Crippen molar-refractivity contribution in [2.24, 2.45) is 0 Å². The standard InChI is InChI=1S/C19H34O4/c1-3-4-5-6-7-8-9-10-11-12-13-14-19(23-17(2)21)15-18(22)16-20/h1,18-20,22H,4-16H2,2H3. The molecule has 0 aliphatic heterocycles. The van der Waals surface area contributed by atoms with Crippen LogP contribution in [-0.2, 0) is 9.53 Å². The molecule has 0 rings (SSSR count). The Labute approximate surface area is 141 Å². The van der Waals surface area contributed by atoms with Crippen molar-refractivity contribution in [1.29, 1.82) is 0 Å². The Hall–Kier alpha value is -1.05. The molecule has 0 bridgehead atoms. The van der Waals surface area contributed by atoms with Gasteiger partial charge >= 0.3 is 5.97 Å². The van der Waals surface area contributed by atoms with Crippen LogP contribution in [0.1, 0.15) is 84.0 Å². The molecule has 0 aliphatic rings. The fraction of sp³-hybridized carbons (Fsp3) is 0.842. The van der Waals surface area contributed by atoms with Crippen molar-refractivity contribution < 1.29 is 19.7 Å². The summed E-state index contributed by atoms with van der Waals surface area (Å²) in [6.45, 7) is 1.08. The Kier molecular flexibility index (Phi) is 15.1. The van der Waals surface area contributed by atoms with E-state index in [2.05, 4.69) is 5.92 Å². The van der Waals surface area contributed by atoms with Crippen molar-refractivity contribution in [3.8, 4) is 12.3 Å².